The van der Waals surface area contributed by atoms with Crippen molar-refractivity contribution in [2.45, 2.75) is 34.1 Å². The molecule has 12 heavy (non-hydrogen) atoms. The van der Waals surface area contributed by atoms with E-state index in [4.69, 9.17) is 0 Å². The first kappa shape index (κ1) is 9.49. The van der Waals surface area contributed by atoms with Gasteiger partial charge in [-0.2, -0.15) is 0 Å². The predicted molar refractivity (Wildman–Crippen MR) is 43.1 cm³/mol. The number of esters is 1. The van der Waals surface area contributed by atoms with Crippen LogP contribution in [0, 0.1) is 17.3 Å². The van der Waals surface area contributed by atoms with E-state index in [-0.39, 0.29) is 17.3 Å². The first-order valence-electron chi connectivity index (χ1n) is 4.18. The average molecular weight is 174 g/mol. The lowest BCUT2D eigenvalue weighted by molar-refractivity contribution is -0.151. The van der Waals surface area contributed by atoms with Crippen LogP contribution in [0.1, 0.15) is 27.7 Å². The molecule has 0 amide bonds. The molecular weight excluding hydrogens is 159 g/mol. The highest BCUT2D eigenvalue weighted by molar-refractivity contribution is 5.75. The Bertz CT molecular complexity index is 195. The molecule has 1 heterocycles. The molecule has 0 aromatic heterocycles. The highest BCUT2D eigenvalue weighted by atomic mass is 19.1. The zero-order valence-corrected chi connectivity index (χ0v) is 7.93. The number of alkyl halides is 1. The van der Waals surface area contributed by atoms with Crippen LogP contribution in [0.4, 0.5) is 4.39 Å². The maximum Gasteiger partial charge on any atom is 0.312 e. The van der Waals surface area contributed by atoms with E-state index in [1.54, 1.807) is 6.92 Å². The van der Waals surface area contributed by atoms with Gasteiger partial charge in [0.15, 0.2) is 0 Å². The van der Waals surface area contributed by atoms with E-state index in [1.165, 1.54) is 0 Å². The minimum atomic E-state index is -1.42. The Labute approximate surface area is 72.1 Å². The zero-order chi connectivity index (χ0) is 9.52. The van der Waals surface area contributed by atoms with Gasteiger partial charge >= 0.3 is 5.97 Å². The predicted octanol–water partition coefficient (Wildman–Crippen LogP) is 2.14. The molecule has 0 N–H and O–H groups in total. The number of rotatable bonds is 0. The van der Waals surface area contributed by atoms with E-state index in [0.29, 0.717) is 0 Å². The quantitative estimate of drug-likeness (QED) is 0.526. The van der Waals surface area contributed by atoms with Crippen molar-refractivity contribution in [2.24, 2.45) is 17.3 Å². The van der Waals surface area contributed by atoms with Crippen LogP contribution in [-0.2, 0) is 9.53 Å². The third kappa shape index (κ3) is 1.45. The summed E-state index contributed by atoms with van der Waals surface area (Å²) >= 11 is 0. The van der Waals surface area contributed by atoms with Crippen molar-refractivity contribution in [3.8, 4) is 0 Å². The second-order valence-corrected chi connectivity index (χ2v) is 4.49. The molecule has 2 unspecified atom stereocenters. The van der Waals surface area contributed by atoms with Crippen LogP contribution in [0.15, 0.2) is 0 Å². The lowest BCUT2D eigenvalue weighted by atomic mass is 9.75. The number of carbonyl (C=O) groups is 1. The van der Waals surface area contributed by atoms with Crippen molar-refractivity contribution in [3.05, 3.63) is 0 Å². The molecule has 0 aliphatic carbocycles. The van der Waals surface area contributed by atoms with Crippen molar-refractivity contribution in [1.82, 2.24) is 0 Å². The largest absolute Gasteiger partial charge is 0.431 e. The van der Waals surface area contributed by atoms with E-state index >= 15 is 0 Å². The fraction of sp³-hybridized carbons (Fsp3) is 0.889. The summed E-state index contributed by atoms with van der Waals surface area (Å²) < 4.78 is 17.4. The van der Waals surface area contributed by atoms with Gasteiger partial charge in [-0.3, -0.25) is 4.79 Å². The summed E-state index contributed by atoms with van der Waals surface area (Å²) in [7, 11) is 0. The first-order chi connectivity index (χ1) is 5.34. The van der Waals surface area contributed by atoms with Gasteiger partial charge in [-0.05, 0) is 5.41 Å². The van der Waals surface area contributed by atoms with Gasteiger partial charge in [-0.1, -0.05) is 27.7 Å². The fourth-order valence-corrected chi connectivity index (χ4v) is 1.80. The molecule has 1 fully saturated rings. The van der Waals surface area contributed by atoms with Gasteiger partial charge in [0.2, 0.25) is 6.36 Å². The minimum absolute atomic E-state index is 0.211. The Morgan fingerprint density at radius 3 is 2.08 bits per heavy atom. The van der Waals surface area contributed by atoms with Crippen molar-refractivity contribution >= 4 is 5.97 Å². The minimum Gasteiger partial charge on any atom is -0.431 e. The molecule has 1 saturated heterocycles. The second-order valence-electron chi connectivity index (χ2n) is 4.49. The Balaban J connectivity index is 2.84. The van der Waals surface area contributed by atoms with Crippen molar-refractivity contribution < 1.29 is 13.9 Å². The summed E-state index contributed by atoms with van der Waals surface area (Å²) in [6, 6.07) is 0. The zero-order valence-electron chi connectivity index (χ0n) is 7.93. The monoisotopic (exact) mass is 174 g/mol. The number of hydrogen-bond acceptors (Lipinski definition) is 2. The number of ether oxygens (including phenoxy) is 1. The highest BCUT2D eigenvalue weighted by Gasteiger charge is 2.47. The van der Waals surface area contributed by atoms with E-state index in [9.17, 15) is 9.18 Å². The normalized spacial score (nSPS) is 36.8. The Morgan fingerprint density at radius 1 is 1.42 bits per heavy atom. The van der Waals surface area contributed by atoms with Gasteiger partial charge in [0.05, 0.1) is 5.92 Å². The van der Waals surface area contributed by atoms with Gasteiger partial charge in [0.25, 0.3) is 0 Å². The molecule has 0 aromatic rings. The molecule has 2 nitrogen and oxygen atoms in total. The molecule has 3 atom stereocenters. The number of hydrogen-bond donors (Lipinski definition) is 0. The Morgan fingerprint density at radius 2 is 1.92 bits per heavy atom. The molecule has 70 valence electrons. The number of carbonyl (C=O) groups excluding carboxylic acids is 1. The van der Waals surface area contributed by atoms with Gasteiger partial charge in [-0.25, -0.2) is 4.39 Å². The van der Waals surface area contributed by atoms with Crippen LogP contribution >= 0.6 is 0 Å². The van der Waals surface area contributed by atoms with Crippen LogP contribution in [-0.4, -0.2) is 12.3 Å². The lowest BCUT2D eigenvalue weighted by Gasteiger charge is -2.26. The second kappa shape index (κ2) is 2.71. The highest BCUT2D eigenvalue weighted by Crippen LogP contribution is 2.40. The Kier molecular flexibility index (Phi) is 2.15. The van der Waals surface area contributed by atoms with Gasteiger partial charge in [-0.15, -0.1) is 0 Å². The third-order valence-electron chi connectivity index (χ3n) is 2.35. The third-order valence-corrected chi connectivity index (χ3v) is 2.35. The van der Waals surface area contributed by atoms with Crippen LogP contribution < -0.4 is 0 Å². The van der Waals surface area contributed by atoms with Crippen LogP contribution in [0.5, 0.6) is 0 Å². The van der Waals surface area contributed by atoms with Crippen molar-refractivity contribution in [2.75, 3.05) is 0 Å². The van der Waals surface area contributed by atoms with E-state index in [1.807, 2.05) is 20.8 Å². The number of cyclic esters (lactones) is 1. The lowest BCUT2D eigenvalue weighted by Crippen LogP contribution is -2.29. The van der Waals surface area contributed by atoms with Gasteiger partial charge < -0.3 is 4.74 Å². The van der Waals surface area contributed by atoms with Crippen LogP contribution in [0.3, 0.4) is 0 Å². The van der Waals surface area contributed by atoms with Crippen LogP contribution in [0.2, 0.25) is 0 Å². The maximum atomic E-state index is 12.9. The molecular formula is C9H15FO2. The summed E-state index contributed by atoms with van der Waals surface area (Å²) in [4.78, 5) is 11.2. The summed E-state index contributed by atoms with van der Waals surface area (Å²) in [6.45, 7) is 7.49. The Hall–Kier alpha value is -0.600. The standard InChI is InChI=1S/C9H15FO2/c1-5-6(9(2,3)4)8(11)12-7(5)10/h5-7H,1-4H3/t5-,6?,7?/m0/s1. The molecule has 1 rings (SSSR count). The molecule has 1 aliphatic rings. The summed E-state index contributed by atoms with van der Waals surface area (Å²) in [5, 5.41) is 0. The smallest absolute Gasteiger partial charge is 0.312 e. The number of halogens is 1. The summed E-state index contributed by atoms with van der Waals surface area (Å²) in [5.41, 5.74) is -0.211. The molecule has 0 radical (unpaired) electrons. The fourth-order valence-electron chi connectivity index (χ4n) is 1.80. The first-order valence-corrected chi connectivity index (χ1v) is 4.18. The molecule has 0 saturated carbocycles. The van der Waals surface area contributed by atoms with Crippen LogP contribution in [0.25, 0.3) is 0 Å². The molecule has 0 bridgehead atoms. The SMILES string of the molecule is C[C@@H]1C(F)OC(=O)C1C(C)(C)C. The van der Waals surface area contributed by atoms with E-state index < -0.39 is 12.3 Å². The van der Waals surface area contributed by atoms with Gasteiger partial charge in [0.1, 0.15) is 0 Å². The summed E-state index contributed by atoms with van der Waals surface area (Å²) in [5.74, 6) is -1.03. The average Bonchev–Trinajstić information content (AvgIpc) is 2.05. The summed E-state index contributed by atoms with van der Waals surface area (Å²) in [6.07, 6.45) is -1.42. The molecule has 3 heteroatoms. The van der Waals surface area contributed by atoms with E-state index in [0.717, 1.165) is 0 Å². The molecule has 0 spiro atoms. The van der Waals surface area contributed by atoms with Crippen molar-refractivity contribution in [3.63, 3.8) is 0 Å². The molecule has 0 aromatic carbocycles. The topological polar surface area (TPSA) is 26.3 Å². The maximum absolute atomic E-state index is 12.9. The van der Waals surface area contributed by atoms with Gasteiger partial charge in [0, 0.05) is 5.92 Å². The van der Waals surface area contributed by atoms with Crippen molar-refractivity contribution in [1.29, 1.82) is 0 Å². The molecule has 1 aliphatic heterocycles. The van der Waals surface area contributed by atoms with E-state index in [2.05, 4.69) is 4.74 Å².